The van der Waals surface area contributed by atoms with Crippen molar-refractivity contribution in [2.75, 3.05) is 6.61 Å². The Morgan fingerprint density at radius 2 is 1.85 bits per heavy atom. The summed E-state index contributed by atoms with van der Waals surface area (Å²) >= 11 is 0. The van der Waals surface area contributed by atoms with E-state index in [2.05, 4.69) is 38.7 Å². The van der Waals surface area contributed by atoms with Gasteiger partial charge in [-0.25, -0.2) is 4.79 Å². The quantitative estimate of drug-likeness (QED) is 0.500. The van der Waals surface area contributed by atoms with Gasteiger partial charge < -0.3 is 4.74 Å². The van der Waals surface area contributed by atoms with Crippen molar-refractivity contribution >= 4 is 16.7 Å². The minimum Gasteiger partial charge on any atom is -0.462 e. The topological polar surface area (TPSA) is 26.3 Å². The fraction of sp³-hybridized carbons (Fsp3) is 0.375. The number of hydrogen-bond donors (Lipinski definition) is 0. The SMILES string of the molecule is CCOC(=O)c1ccc2cc(C#CC3=C(C)CCCC3(C)C)ccc2c1. The Morgan fingerprint density at radius 1 is 1.12 bits per heavy atom. The first-order valence-electron chi connectivity index (χ1n) is 9.34. The molecule has 2 nitrogen and oxygen atoms in total. The molecule has 2 heteroatoms. The maximum Gasteiger partial charge on any atom is 0.338 e. The molecule has 0 atom stereocenters. The summed E-state index contributed by atoms with van der Waals surface area (Å²) in [4.78, 5) is 11.9. The van der Waals surface area contributed by atoms with Gasteiger partial charge >= 0.3 is 5.97 Å². The smallest absolute Gasteiger partial charge is 0.338 e. The minimum atomic E-state index is -0.278. The summed E-state index contributed by atoms with van der Waals surface area (Å²) in [6.45, 7) is 8.99. The largest absolute Gasteiger partial charge is 0.462 e. The molecular weight excluding hydrogens is 320 g/mol. The monoisotopic (exact) mass is 346 g/mol. The average molecular weight is 346 g/mol. The van der Waals surface area contributed by atoms with Crippen molar-refractivity contribution in [1.82, 2.24) is 0 Å². The lowest BCUT2D eigenvalue weighted by Crippen LogP contribution is -2.19. The van der Waals surface area contributed by atoms with E-state index in [-0.39, 0.29) is 11.4 Å². The summed E-state index contributed by atoms with van der Waals surface area (Å²) in [5.74, 6) is 6.52. The van der Waals surface area contributed by atoms with Crippen molar-refractivity contribution in [2.24, 2.45) is 5.41 Å². The van der Waals surface area contributed by atoms with E-state index in [0.717, 1.165) is 22.8 Å². The van der Waals surface area contributed by atoms with Crippen molar-refractivity contribution in [3.05, 3.63) is 58.7 Å². The summed E-state index contributed by atoms with van der Waals surface area (Å²) in [7, 11) is 0. The van der Waals surface area contributed by atoms with Crippen LogP contribution in [0.25, 0.3) is 10.8 Å². The van der Waals surface area contributed by atoms with Crippen molar-refractivity contribution in [3.63, 3.8) is 0 Å². The van der Waals surface area contributed by atoms with Gasteiger partial charge in [0, 0.05) is 11.1 Å². The molecular formula is C24H26O2. The molecule has 0 saturated heterocycles. The first-order chi connectivity index (χ1) is 12.4. The van der Waals surface area contributed by atoms with Crippen LogP contribution in [0.15, 0.2) is 47.5 Å². The molecule has 0 unspecified atom stereocenters. The predicted octanol–water partition coefficient (Wildman–Crippen LogP) is 5.89. The van der Waals surface area contributed by atoms with Gasteiger partial charge in [0.05, 0.1) is 12.2 Å². The maximum atomic E-state index is 11.9. The van der Waals surface area contributed by atoms with Gasteiger partial charge in [-0.2, -0.15) is 0 Å². The normalized spacial score (nSPS) is 16.2. The van der Waals surface area contributed by atoms with Crippen LogP contribution in [0.3, 0.4) is 0 Å². The molecule has 2 aromatic carbocycles. The highest BCUT2D eigenvalue weighted by atomic mass is 16.5. The van der Waals surface area contributed by atoms with E-state index in [4.69, 9.17) is 4.74 Å². The zero-order valence-electron chi connectivity index (χ0n) is 16.1. The van der Waals surface area contributed by atoms with E-state index in [1.54, 1.807) is 0 Å². The number of esters is 1. The Morgan fingerprint density at radius 3 is 2.58 bits per heavy atom. The number of hydrogen-bond acceptors (Lipinski definition) is 2. The summed E-state index contributed by atoms with van der Waals surface area (Å²) in [5.41, 5.74) is 4.47. The Balaban J connectivity index is 1.91. The maximum absolute atomic E-state index is 11.9. The Kier molecular flexibility index (Phi) is 5.18. The Bertz CT molecular complexity index is 936. The van der Waals surface area contributed by atoms with Crippen LogP contribution in [0.1, 0.15) is 62.9 Å². The van der Waals surface area contributed by atoms with Crippen molar-refractivity contribution in [3.8, 4) is 11.8 Å². The fourth-order valence-electron chi connectivity index (χ4n) is 3.70. The zero-order chi connectivity index (χ0) is 18.7. The van der Waals surface area contributed by atoms with Crippen LogP contribution in [0, 0.1) is 17.3 Å². The standard InChI is InChI=1S/C24H26O2/c1-5-26-23(25)21-12-11-19-15-18(8-10-20(19)16-21)9-13-22-17(2)7-6-14-24(22,3)4/h8,10-12,15-16H,5-7,14H2,1-4H3. The van der Waals surface area contributed by atoms with E-state index >= 15 is 0 Å². The summed E-state index contributed by atoms with van der Waals surface area (Å²) in [6, 6.07) is 11.8. The van der Waals surface area contributed by atoms with Crippen LogP contribution < -0.4 is 0 Å². The van der Waals surface area contributed by atoms with Crippen molar-refractivity contribution < 1.29 is 9.53 Å². The average Bonchev–Trinajstić information content (AvgIpc) is 2.60. The highest BCUT2D eigenvalue weighted by Gasteiger charge is 2.27. The Labute approximate surface area is 156 Å². The molecule has 1 aliphatic rings. The molecule has 0 aromatic heterocycles. The number of ether oxygens (including phenoxy) is 1. The van der Waals surface area contributed by atoms with E-state index in [1.165, 1.54) is 24.0 Å². The molecule has 0 heterocycles. The highest BCUT2D eigenvalue weighted by Crippen LogP contribution is 2.39. The molecule has 1 aliphatic carbocycles. The lowest BCUT2D eigenvalue weighted by Gasteiger charge is -2.31. The van der Waals surface area contributed by atoms with Gasteiger partial charge in [-0.1, -0.05) is 43.4 Å². The molecule has 0 aliphatic heterocycles. The Hall–Kier alpha value is -2.53. The predicted molar refractivity (Wildman–Crippen MR) is 107 cm³/mol. The van der Waals surface area contributed by atoms with E-state index in [0.29, 0.717) is 12.2 Å². The summed E-state index contributed by atoms with van der Waals surface area (Å²) < 4.78 is 5.07. The van der Waals surface area contributed by atoms with Gasteiger partial charge in [0.1, 0.15) is 0 Å². The van der Waals surface area contributed by atoms with Crippen LogP contribution in [-0.4, -0.2) is 12.6 Å². The second kappa shape index (κ2) is 7.38. The van der Waals surface area contributed by atoms with Crippen molar-refractivity contribution in [2.45, 2.75) is 47.0 Å². The van der Waals surface area contributed by atoms with Crippen LogP contribution in [0.5, 0.6) is 0 Å². The second-order valence-corrected chi connectivity index (χ2v) is 7.64. The molecule has 0 spiro atoms. The molecule has 3 rings (SSSR count). The minimum absolute atomic E-state index is 0.167. The van der Waals surface area contributed by atoms with Crippen LogP contribution in [-0.2, 0) is 4.74 Å². The van der Waals surface area contributed by atoms with E-state index in [9.17, 15) is 4.79 Å². The number of fused-ring (bicyclic) bond motifs is 1. The van der Waals surface area contributed by atoms with E-state index in [1.807, 2.05) is 37.3 Å². The number of allylic oxidation sites excluding steroid dienone is 2. The van der Waals surface area contributed by atoms with Gasteiger partial charge in [0.25, 0.3) is 0 Å². The third-order valence-electron chi connectivity index (χ3n) is 5.14. The van der Waals surface area contributed by atoms with Gasteiger partial charge in [-0.05, 0) is 73.6 Å². The summed E-state index contributed by atoms with van der Waals surface area (Å²) in [6.07, 6.45) is 3.60. The molecule has 0 fully saturated rings. The van der Waals surface area contributed by atoms with Gasteiger partial charge in [-0.15, -0.1) is 0 Å². The highest BCUT2D eigenvalue weighted by molar-refractivity contribution is 5.95. The molecule has 134 valence electrons. The van der Waals surface area contributed by atoms with Crippen LogP contribution >= 0.6 is 0 Å². The lowest BCUT2D eigenvalue weighted by atomic mass is 9.73. The molecule has 0 saturated carbocycles. The number of rotatable bonds is 2. The van der Waals surface area contributed by atoms with Crippen molar-refractivity contribution in [1.29, 1.82) is 0 Å². The number of benzene rings is 2. The first-order valence-corrected chi connectivity index (χ1v) is 9.34. The van der Waals surface area contributed by atoms with E-state index < -0.39 is 0 Å². The molecule has 0 radical (unpaired) electrons. The van der Waals surface area contributed by atoms with Gasteiger partial charge in [-0.3, -0.25) is 0 Å². The molecule has 2 aromatic rings. The van der Waals surface area contributed by atoms with Crippen LogP contribution in [0.4, 0.5) is 0 Å². The lowest BCUT2D eigenvalue weighted by molar-refractivity contribution is 0.0526. The zero-order valence-corrected chi connectivity index (χ0v) is 16.1. The molecule has 26 heavy (non-hydrogen) atoms. The second-order valence-electron chi connectivity index (χ2n) is 7.64. The summed E-state index contributed by atoms with van der Waals surface area (Å²) in [5, 5.41) is 2.10. The third-order valence-corrected chi connectivity index (χ3v) is 5.14. The van der Waals surface area contributed by atoms with Gasteiger partial charge in [0.2, 0.25) is 0 Å². The first kappa shape index (κ1) is 18.3. The van der Waals surface area contributed by atoms with Gasteiger partial charge in [0.15, 0.2) is 0 Å². The fourth-order valence-corrected chi connectivity index (χ4v) is 3.70. The number of carbonyl (C=O) groups is 1. The third kappa shape index (κ3) is 3.83. The van der Waals surface area contributed by atoms with Crippen LogP contribution in [0.2, 0.25) is 0 Å². The number of carbonyl (C=O) groups excluding carboxylic acids is 1. The molecule has 0 amide bonds. The molecule has 0 N–H and O–H groups in total. The molecule has 0 bridgehead atoms.